The molecule has 0 radical (unpaired) electrons. The van der Waals surface area contributed by atoms with Crippen LogP contribution < -0.4 is 10.6 Å². The van der Waals surface area contributed by atoms with Crippen molar-refractivity contribution in [1.29, 1.82) is 0 Å². The first-order chi connectivity index (χ1) is 9.65. The smallest absolute Gasteiger partial charge is 0.0432 e. The second kappa shape index (κ2) is 5.20. The number of fused-ring (bicyclic) bond motifs is 1. The summed E-state index contributed by atoms with van der Waals surface area (Å²) < 4.78 is 0. The van der Waals surface area contributed by atoms with Crippen LogP contribution in [0.4, 0.5) is 11.4 Å². The van der Waals surface area contributed by atoms with Crippen LogP contribution in [0, 0.1) is 13.8 Å². The lowest BCUT2D eigenvalue weighted by atomic mass is 9.98. The van der Waals surface area contributed by atoms with Gasteiger partial charge in [-0.2, -0.15) is 0 Å². The Morgan fingerprint density at radius 1 is 1.15 bits per heavy atom. The molecule has 2 aromatic carbocycles. The van der Waals surface area contributed by atoms with Crippen LogP contribution in [0.5, 0.6) is 0 Å². The third-order valence-electron chi connectivity index (χ3n) is 4.30. The lowest BCUT2D eigenvalue weighted by Crippen LogP contribution is -2.29. The molecule has 2 heteroatoms. The van der Waals surface area contributed by atoms with Gasteiger partial charge in [-0.1, -0.05) is 29.8 Å². The maximum atomic E-state index is 6.02. The monoisotopic (exact) mass is 266 g/mol. The van der Waals surface area contributed by atoms with Gasteiger partial charge in [0.25, 0.3) is 0 Å². The van der Waals surface area contributed by atoms with Crippen LogP contribution in [0.25, 0.3) is 0 Å². The molecule has 0 amide bonds. The summed E-state index contributed by atoms with van der Waals surface area (Å²) in [6.45, 7) is 6.36. The van der Waals surface area contributed by atoms with E-state index in [1.807, 2.05) is 6.07 Å². The lowest BCUT2D eigenvalue weighted by molar-refractivity contribution is 0.689. The Hall–Kier alpha value is -1.96. The van der Waals surface area contributed by atoms with E-state index in [9.17, 15) is 0 Å². The summed E-state index contributed by atoms with van der Waals surface area (Å²) in [4.78, 5) is 2.49. The minimum absolute atomic E-state index is 0.892. The van der Waals surface area contributed by atoms with E-state index >= 15 is 0 Å². The van der Waals surface area contributed by atoms with E-state index in [1.54, 1.807) is 0 Å². The van der Waals surface area contributed by atoms with Crippen molar-refractivity contribution in [2.45, 2.75) is 33.2 Å². The predicted molar refractivity (Wildman–Crippen MR) is 86.1 cm³/mol. The molecule has 1 aliphatic heterocycles. The maximum Gasteiger partial charge on any atom is 0.0432 e. The van der Waals surface area contributed by atoms with Crippen LogP contribution in [-0.4, -0.2) is 6.54 Å². The van der Waals surface area contributed by atoms with Crippen molar-refractivity contribution in [3.63, 3.8) is 0 Å². The number of nitrogen functional groups attached to an aromatic ring is 1. The van der Waals surface area contributed by atoms with Gasteiger partial charge in [-0.05, 0) is 55.5 Å². The summed E-state index contributed by atoms with van der Waals surface area (Å²) in [6, 6.07) is 13.0. The zero-order chi connectivity index (χ0) is 14.1. The van der Waals surface area contributed by atoms with E-state index in [0.29, 0.717) is 0 Å². The number of nitrogens with two attached hydrogens (primary N) is 1. The molecule has 1 aliphatic rings. The lowest BCUT2D eigenvalue weighted by Gasteiger charge is -2.32. The van der Waals surface area contributed by atoms with Crippen LogP contribution in [0.2, 0.25) is 0 Å². The van der Waals surface area contributed by atoms with E-state index in [4.69, 9.17) is 5.73 Å². The summed E-state index contributed by atoms with van der Waals surface area (Å²) in [6.07, 6.45) is 2.43. The standard InChI is InChI=1S/C18H22N2/c1-13-8-9-18-15(11-13)6-4-10-20(18)12-16-5-3-7-17(19)14(16)2/h3,5,7-9,11H,4,6,10,12,19H2,1-2H3. The minimum Gasteiger partial charge on any atom is -0.399 e. The highest BCUT2D eigenvalue weighted by Crippen LogP contribution is 2.30. The molecule has 0 fully saturated rings. The molecule has 3 rings (SSSR count). The number of hydrogen-bond acceptors (Lipinski definition) is 2. The third-order valence-corrected chi connectivity index (χ3v) is 4.30. The fourth-order valence-electron chi connectivity index (χ4n) is 3.05. The highest BCUT2D eigenvalue weighted by Gasteiger charge is 2.17. The number of hydrogen-bond donors (Lipinski definition) is 1. The maximum absolute atomic E-state index is 6.02. The summed E-state index contributed by atoms with van der Waals surface area (Å²) in [5.41, 5.74) is 13.7. The molecule has 0 saturated carbocycles. The van der Waals surface area contributed by atoms with Crippen molar-refractivity contribution in [3.05, 3.63) is 58.7 Å². The normalized spacial score (nSPS) is 14.2. The minimum atomic E-state index is 0.892. The number of rotatable bonds is 2. The molecule has 0 unspecified atom stereocenters. The van der Waals surface area contributed by atoms with Crippen molar-refractivity contribution in [2.75, 3.05) is 17.2 Å². The van der Waals surface area contributed by atoms with E-state index in [2.05, 4.69) is 49.1 Å². The first kappa shape index (κ1) is 13.0. The highest BCUT2D eigenvalue weighted by atomic mass is 15.1. The SMILES string of the molecule is Cc1ccc2c(c1)CCCN2Cc1cccc(N)c1C. The van der Waals surface area contributed by atoms with Gasteiger partial charge in [0.15, 0.2) is 0 Å². The Kier molecular flexibility index (Phi) is 3.39. The van der Waals surface area contributed by atoms with E-state index < -0.39 is 0 Å². The molecule has 1 heterocycles. The number of benzene rings is 2. The largest absolute Gasteiger partial charge is 0.399 e. The van der Waals surface area contributed by atoms with E-state index in [0.717, 1.165) is 18.8 Å². The summed E-state index contributed by atoms with van der Waals surface area (Å²) in [5, 5.41) is 0. The van der Waals surface area contributed by atoms with Crippen molar-refractivity contribution < 1.29 is 0 Å². The summed E-state index contributed by atoms with van der Waals surface area (Å²) in [5.74, 6) is 0. The number of nitrogens with zero attached hydrogens (tertiary/aromatic N) is 1. The number of anilines is 2. The average Bonchev–Trinajstić information content (AvgIpc) is 2.44. The van der Waals surface area contributed by atoms with Crippen molar-refractivity contribution in [2.24, 2.45) is 0 Å². The Balaban J connectivity index is 1.91. The van der Waals surface area contributed by atoms with Gasteiger partial charge in [0.05, 0.1) is 0 Å². The van der Waals surface area contributed by atoms with Gasteiger partial charge in [0.1, 0.15) is 0 Å². The van der Waals surface area contributed by atoms with Gasteiger partial charge < -0.3 is 10.6 Å². The summed E-state index contributed by atoms with van der Waals surface area (Å²) >= 11 is 0. The van der Waals surface area contributed by atoms with Crippen LogP contribution in [0.1, 0.15) is 28.7 Å². The van der Waals surface area contributed by atoms with E-state index in [-0.39, 0.29) is 0 Å². The quantitative estimate of drug-likeness (QED) is 0.837. The Morgan fingerprint density at radius 3 is 2.85 bits per heavy atom. The molecule has 0 aliphatic carbocycles. The molecule has 2 N–H and O–H groups in total. The molecule has 20 heavy (non-hydrogen) atoms. The zero-order valence-electron chi connectivity index (χ0n) is 12.3. The second-order valence-corrected chi connectivity index (χ2v) is 5.79. The predicted octanol–water partition coefficient (Wildman–Crippen LogP) is 3.84. The van der Waals surface area contributed by atoms with Crippen LogP contribution in [-0.2, 0) is 13.0 Å². The van der Waals surface area contributed by atoms with E-state index in [1.165, 1.54) is 40.8 Å². The first-order valence-corrected chi connectivity index (χ1v) is 7.33. The molecule has 0 atom stereocenters. The topological polar surface area (TPSA) is 29.3 Å². The van der Waals surface area contributed by atoms with Gasteiger partial charge in [0.2, 0.25) is 0 Å². The molecule has 0 saturated heterocycles. The van der Waals surface area contributed by atoms with Gasteiger partial charge in [0, 0.05) is 24.5 Å². The summed E-state index contributed by atoms with van der Waals surface area (Å²) in [7, 11) is 0. The van der Waals surface area contributed by atoms with Gasteiger partial charge in [-0.25, -0.2) is 0 Å². The Morgan fingerprint density at radius 2 is 2.00 bits per heavy atom. The molecule has 2 nitrogen and oxygen atoms in total. The highest BCUT2D eigenvalue weighted by molar-refractivity contribution is 5.58. The van der Waals surface area contributed by atoms with Gasteiger partial charge in [-0.15, -0.1) is 0 Å². The molecular formula is C18H22N2. The number of aryl methyl sites for hydroxylation is 2. The molecule has 104 valence electrons. The van der Waals surface area contributed by atoms with Crippen LogP contribution in [0.3, 0.4) is 0 Å². The average molecular weight is 266 g/mol. The third kappa shape index (κ3) is 2.38. The second-order valence-electron chi connectivity index (χ2n) is 5.79. The van der Waals surface area contributed by atoms with Gasteiger partial charge >= 0.3 is 0 Å². The Labute approximate surface area is 121 Å². The molecule has 0 aromatic heterocycles. The molecule has 0 bridgehead atoms. The van der Waals surface area contributed by atoms with Crippen molar-refractivity contribution >= 4 is 11.4 Å². The molecule has 0 spiro atoms. The Bertz CT molecular complexity index is 631. The zero-order valence-corrected chi connectivity index (χ0v) is 12.3. The van der Waals surface area contributed by atoms with Crippen LogP contribution >= 0.6 is 0 Å². The van der Waals surface area contributed by atoms with Crippen LogP contribution in [0.15, 0.2) is 36.4 Å². The van der Waals surface area contributed by atoms with Crippen molar-refractivity contribution in [3.8, 4) is 0 Å². The fourth-order valence-corrected chi connectivity index (χ4v) is 3.05. The molecule has 2 aromatic rings. The first-order valence-electron chi connectivity index (χ1n) is 7.33. The fraction of sp³-hybridized carbons (Fsp3) is 0.333. The molecular weight excluding hydrogens is 244 g/mol. The van der Waals surface area contributed by atoms with Gasteiger partial charge in [-0.3, -0.25) is 0 Å². The van der Waals surface area contributed by atoms with Crippen molar-refractivity contribution in [1.82, 2.24) is 0 Å².